The molecule has 4 saturated carbocycles. The molecule has 158 valence electrons. The number of benzene rings is 1. The number of pyridine rings is 1. The smallest absolute Gasteiger partial charge is 0.408 e. The molecule has 30 heavy (non-hydrogen) atoms. The third-order valence-corrected chi connectivity index (χ3v) is 7.02. The molecule has 5 nitrogen and oxygen atoms in total. The van der Waals surface area contributed by atoms with Crippen molar-refractivity contribution in [3.8, 4) is 11.3 Å². The fraction of sp³-hybridized carbons (Fsp3) is 0.520. The van der Waals surface area contributed by atoms with Gasteiger partial charge in [0.15, 0.2) is 0 Å². The summed E-state index contributed by atoms with van der Waals surface area (Å²) < 4.78 is 5.56. The predicted molar refractivity (Wildman–Crippen MR) is 118 cm³/mol. The average molecular weight is 406 g/mol. The number of hydrogen-bond donors (Lipinski definition) is 2. The Hall–Kier alpha value is -2.56. The van der Waals surface area contributed by atoms with E-state index in [1.54, 1.807) is 0 Å². The highest BCUT2D eigenvalue weighted by Crippen LogP contribution is 2.63. The molecule has 4 fully saturated rings. The van der Waals surface area contributed by atoms with Crippen LogP contribution in [0.25, 0.3) is 11.3 Å². The van der Waals surface area contributed by atoms with E-state index >= 15 is 0 Å². The Morgan fingerprint density at radius 2 is 1.90 bits per heavy atom. The van der Waals surface area contributed by atoms with Crippen molar-refractivity contribution >= 4 is 11.8 Å². The van der Waals surface area contributed by atoms with Crippen molar-refractivity contribution in [3.63, 3.8) is 0 Å². The first-order valence-corrected chi connectivity index (χ1v) is 11.1. The minimum Gasteiger partial charge on any atom is -0.444 e. The molecule has 4 unspecified atom stereocenters. The first kappa shape index (κ1) is 19.4. The average Bonchev–Trinajstić information content (AvgIpc) is 3.02. The van der Waals surface area contributed by atoms with Gasteiger partial charge in [0.2, 0.25) is 0 Å². The fourth-order valence-corrected chi connectivity index (χ4v) is 6.30. The third-order valence-electron chi connectivity index (χ3n) is 7.02. The van der Waals surface area contributed by atoms with Gasteiger partial charge in [0, 0.05) is 16.6 Å². The number of alkyl carbamates (subject to hydrolysis) is 1. The van der Waals surface area contributed by atoms with Crippen LogP contribution < -0.4 is 10.6 Å². The number of ether oxygens (including phenoxy) is 1. The van der Waals surface area contributed by atoms with Crippen LogP contribution in [0.2, 0.25) is 0 Å². The number of hydrogen-bond acceptors (Lipinski definition) is 4. The fourth-order valence-electron chi connectivity index (χ4n) is 6.30. The molecule has 0 saturated heterocycles. The Morgan fingerprint density at radius 1 is 1.10 bits per heavy atom. The zero-order chi connectivity index (χ0) is 21.0. The molecule has 0 spiro atoms. The molecule has 0 aliphatic heterocycles. The van der Waals surface area contributed by atoms with Crippen LogP contribution in [0.1, 0.15) is 52.9 Å². The minimum absolute atomic E-state index is 0.0495. The molecule has 4 aliphatic rings. The Labute approximate surface area is 178 Å². The highest BCUT2D eigenvalue weighted by Gasteiger charge is 2.64. The molecule has 4 bridgehead atoms. The maximum Gasteiger partial charge on any atom is 0.408 e. The van der Waals surface area contributed by atoms with Crippen LogP contribution in [-0.4, -0.2) is 27.8 Å². The predicted octanol–water partition coefficient (Wildman–Crippen LogP) is 5.39. The van der Waals surface area contributed by atoms with E-state index in [2.05, 4.69) is 39.9 Å². The van der Waals surface area contributed by atoms with E-state index in [0.29, 0.717) is 11.8 Å². The van der Waals surface area contributed by atoms with Crippen molar-refractivity contribution in [2.45, 2.75) is 69.6 Å². The summed E-state index contributed by atoms with van der Waals surface area (Å²) in [7, 11) is 0. The van der Waals surface area contributed by atoms with Gasteiger partial charge in [-0.3, -0.25) is 4.98 Å². The van der Waals surface area contributed by atoms with Crippen LogP contribution in [-0.2, 0) is 4.74 Å². The SMILES string of the molecule is CC(C)(C)OC(=O)NC12CC3CC(C1)C(Nc1ccc(-c4ccccc4)nc1)(C3)C2. The first-order chi connectivity index (χ1) is 14.2. The van der Waals surface area contributed by atoms with Gasteiger partial charge in [-0.25, -0.2) is 4.79 Å². The zero-order valence-electron chi connectivity index (χ0n) is 18.1. The quantitative estimate of drug-likeness (QED) is 0.716. The van der Waals surface area contributed by atoms with E-state index in [0.717, 1.165) is 36.2 Å². The second-order valence-corrected chi connectivity index (χ2v) is 10.6. The second kappa shape index (κ2) is 6.73. The Bertz CT molecular complexity index is 937. The summed E-state index contributed by atoms with van der Waals surface area (Å²) in [5.74, 6) is 1.25. The zero-order valence-corrected chi connectivity index (χ0v) is 18.1. The molecule has 1 amide bonds. The lowest BCUT2D eigenvalue weighted by molar-refractivity contribution is 0.0404. The van der Waals surface area contributed by atoms with Gasteiger partial charge in [0.25, 0.3) is 0 Å². The van der Waals surface area contributed by atoms with Crippen molar-refractivity contribution in [2.75, 3.05) is 5.32 Å². The van der Waals surface area contributed by atoms with Gasteiger partial charge in [0.05, 0.1) is 17.6 Å². The van der Waals surface area contributed by atoms with E-state index < -0.39 is 5.60 Å². The lowest BCUT2D eigenvalue weighted by Crippen LogP contribution is -2.54. The van der Waals surface area contributed by atoms with Crippen molar-refractivity contribution < 1.29 is 9.53 Å². The highest BCUT2D eigenvalue weighted by atomic mass is 16.6. The molecule has 4 aliphatic carbocycles. The molecule has 1 heterocycles. The van der Waals surface area contributed by atoms with Gasteiger partial charge in [-0.1, -0.05) is 30.3 Å². The van der Waals surface area contributed by atoms with Gasteiger partial charge >= 0.3 is 6.09 Å². The van der Waals surface area contributed by atoms with Gasteiger partial charge in [-0.2, -0.15) is 0 Å². The molecule has 5 heteroatoms. The molecule has 4 atom stereocenters. The van der Waals surface area contributed by atoms with E-state index in [1.165, 1.54) is 12.8 Å². The van der Waals surface area contributed by atoms with E-state index in [9.17, 15) is 4.79 Å². The molecule has 1 aromatic heterocycles. The number of aromatic nitrogens is 1. The number of carbonyl (C=O) groups is 1. The van der Waals surface area contributed by atoms with Crippen molar-refractivity contribution in [1.29, 1.82) is 0 Å². The third kappa shape index (κ3) is 3.55. The van der Waals surface area contributed by atoms with Crippen LogP contribution in [0.3, 0.4) is 0 Å². The first-order valence-electron chi connectivity index (χ1n) is 11.1. The number of amides is 1. The van der Waals surface area contributed by atoms with Gasteiger partial charge in [-0.15, -0.1) is 0 Å². The van der Waals surface area contributed by atoms with Crippen molar-refractivity contribution in [1.82, 2.24) is 10.3 Å². The number of nitrogens with one attached hydrogen (secondary N) is 2. The second-order valence-electron chi connectivity index (χ2n) is 10.6. The number of anilines is 1. The molecule has 1 aromatic carbocycles. The number of carbonyl (C=O) groups excluding carboxylic acids is 1. The molecular formula is C25H31N3O2. The van der Waals surface area contributed by atoms with Crippen LogP contribution in [0.4, 0.5) is 10.5 Å². The molecule has 6 rings (SSSR count). The van der Waals surface area contributed by atoms with Crippen molar-refractivity contribution in [2.24, 2.45) is 11.8 Å². The lowest BCUT2D eigenvalue weighted by Gasteiger charge is -2.42. The van der Waals surface area contributed by atoms with E-state index in [1.807, 2.05) is 45.2 Å². The summed E-state index contributed by atoms with van der Waals surface area (Å²) in [4.78, 5) is 17.2. The number of nitrogens with zero attached hydrogens (tertiary/aromatic N) is 1. The van der Waals surface area contributed by atoms with Crippen LogP contribution in [0.15, 0.2) is 48.7 Å². The standard InChI is InChI=1S/C25H31N3O2/c1-23(2,3)30-22(29)28-24-12-17-11-19(14-24)25(13-17,16-24)27-20-9-10-21(26-15-20)18-7-5-4-6-8-18/h4-10,15,17,19,27H,11-14,16H2,1-3H3,(H,28,29). The van der Waals surface area contributed by atoms with Gasteiger partial charge < -0.3 is 15.4 Å². The number of rotatable bonds is 4. The van der Waals surface area contributed by atoms with Crippen molar-refractivity contribution in [3.05, 3.63) is 48.7 Å². The topological polar surface area (TPSA) is 63.2 Å². The lowest BCUT2D eigenvalue weighted by atomic mass is 9.74. The highest BCUT2D eigenvalue weighted by molar-refractivity contribution is 5.69. The monoisotopic (exact) mass is 405 g/mol. The van der Waals surface area contributed by atoms with Gasteiger partial charge in [-0.05, 0) is 76.8 Å². The molecule has 0 radical (unpaired) electrons. The summed E-state index contributed by atoms with van der Waals surface area (Å²) in [5, 5.41) is 7.11. The Balaban J connectivity index is 1.31. The van der Waals surface area contributed by atoms with E-state index in [-0.39, 0.29) is 17.2 Å². The minimum atomic E-state index is -0.474. The molecule has 2 N–H and O–H groups in total. The molecule has 2 aromatic rings. The molecular weight excluding hydrogens is 374 g/mol. The summed E-state index contributed by atoms with van der Waals surface area (Å²) in [6.07, 6.45) is 7.15. The van der Waals surface area contributed by atoms with Crippen LogP contribution in [0.5, 0.6) is 0 Å². The summed E-state index contributed by atoms with van der Waals surface area (Å²) in [6.45, 7) is 5.74. The van der Waals surface area contributed by atoms with Crippen LogP contribution >= 0.6 is 0 Å². The Kier molecular flexibility index (Phi) is 4.35. The summed E-state index contributed by atoms with van der Waals surface area (Å²) in [5.41, 5.74) is 2.61. The maximum absolute atomic E-state index is 12.5. The maximum atomic E-state index is 12.5. The summed E-state index contributed by atoms with van der Waals surface area (Å²) >= 11 is 0. The van der Waals surface area contributed by atoms with Gasteiger partial charge in [0.1, 0.15) is 5.60 Å². The Morgan fingerprint density at radius 3 is 2.60 bits per heavy atom. The van der Waals surface area contributed by atoms with E-state index in [4.69, 9.17) is 4.74 Å². The van der Waals surface area contributed by atoms with Crippen LogP contribution in [0, 0.1) is 11.8 Å². The summed E-state index contributed by atoms with van der Waals surface area (Å²) in [6, 6.07) is 14.5. The normalized spacial score (nSPS) is 31.6. The largest absolute Gasteiger partial charge is 0.444 e.